The summed E-state index contributed by atoms with van der Waals surface area (Å²) in [6, 6.07) is 0. The van der Waals surface area contributed by atoms with Crippen LogP contribution >= 0.6 is 11.8 Å². The predicted octanol–water partition coefficient (Wildman–Crippen LogP) is 1.39. The standard InChI is InChI=1S/C10H18N6O2S/c1-6(5-19-3)4-12-9-8(16(17)18)7(2)13-10(14-9)15-11/h6H,4-5,11H2,1-3H3,(H2,12,13,14,15). The summed E-state index contributed by atoms with van der Waals surface area (Å²) >= 11 is 1.73. The summed E-state index contributed by atoms with van der Waals surface area (Å²) in [4.78, 5) is 18.5. The molecule has 0 amide bonds. The van der Waals surface area contributed by atoms with E-state index in [0.29, 0.717) is 12.5 Å². The van der Waals surface area contributed by atoms with Gasteiger partial charge in [-0.3, -0.25) is 15.5 Å². The highest BCUT2D eigenvalue weighted by Gasteiger charge is 2.22. The van der Waals surface area contributed by atoms with E-state index in [0.717, 1.165) is 5.75 Å². The van der Waals surface area contributed by atoms with Gasteiger partial charge in [0.15, 0.2) is 0 Å². The number of nitrogens with two attached hydrogens (primary N) is 1. The normalized spacial score (nSPS) is 12.0. The fourth-order valence-electron chi connectivity index (χ4n) is 1.59. The van der Waals surface area contributed by atoms with Gasteiger partial charge >= 0.3 is 5.69 Å². The lowest BCUT2D eigenvalue weighted by atomic mass is 10.2. The highest BCUT2D eigenvalue weighted by atomic mass is 32.2. The Morgan fingerprint density at radius 3 is 2.74 bits per heavy atom. The molecule has 0 aliphatic rings. The topological polar surface area (TPSA) is 119 Å². The number of nitro groups is 1. The van der Waals surface area contributed by atoms with Crippen molar-refractivity contribution in [2.75, 3.05) is 29.3 Å². The number of thioether (sulfide) groups is 1. The first-order valence-corrected chi connectivity index (χ1v) is 7.11. The smallest absolute Gasteiger partial charge is 0.332 e. The molecule has 0 fully saturated rings. The fraction of sp³-hybridized carbons (Fsp3) is 0.600. The van der Waals surface area contributed by atoms with Gasteiger partial charge in [-0.2, -0.15) is 16.7 Å². The van der Waals surface area contributed by atoms with Gasteiger partial charge in [0.25, 0.3) is 0 Å². The number of rotatable bonds is 7. The van der Waals surface area contributed by atoms with Crippen LogP contribution in [0.3, 0.4) is 0 Å². The summed E-state index contributed by atoms with van der Waals surface area (Å²) in [6.45, 7) is 4.21. The molecular weight excluding hydrogens is 268 g/mol. The van der Waals surface area contributed by atoms with E-state index in [4.69, 9.17) is 5.84 Å². The monoisotopic (exact) mass is 286 g/mol. The summed E-state index contributed by atoms with van der Waals surface area (Å²) in [5.41, 5.74) is 2.45. The number of hydrogen-bond donors (Lipinski definition) is 3. The Labute approximate surface area is 115 Å². The van der Waals surface area contributed by atoms with Gasteiger partial charge in [-0.25, -0.2) is 10.8 Å². The van der Waals surface area contributed by atoms with Crippen LogP contribution in [0.4, 0.5) is 17.5 Å². The van der Waals surface area contributed by atoms with Gasteiger partial charge in [-0.05, 0) is 24.9 Å². The van der Waals surface area contributed by atoms with E-state index in [9.17, 15) is 10.1 Å². The quantitative estimate of drug-likeness (QED) is 0.391. The van der Waals surface area contributed by atoms with E-state index >= 15 is 0 Å². The molecule has 1 aromatic rings. The van der Waals surface area contributed by atoms with Crippen LogP contribution in [0.25, 0.3) is 0 Å². The molecule has 0 saturated carbocycles. The average molecular weight is 286 g/mol. The van der Waals surface area contributed by atoms with Crippen molar-refractivity contribution in [3.63, 3.8) is 0 Å². The van der Waals surface area contributed by atoms with Crippen LogP contribution in [0.5, 0.6) is 0 Å². The molecule has 4 N–H and O–H groups in total. The Hall–Kier alpha value is -1.61. The molecule has 0 aliphatic carbocycles. The largest absolute Gasteiger partial charge is 0.364 e. The Kier molecular flexibility index (Phi) is 5.77. The second kappa shape index (κ2) is 7.10. The van der Waals surface area contributed by atoms with Crippen LogP contribution in [0.1, 0.15) is 12.6 Å². The third-order valence-corrected chi connectivity index (χ3v) is 3.34. The van der Waals surface area contributed by atoms with Crippen LogP contribution in [-0.4, -0.2) is 33.4 Å². The summed E-state index contributed by atoms with van der Waals surface area (Å²) in [7, 11) is 0. The third-order valence-electron chi connectivity index (χ3n) is 2.44. The number of aromatic nitrogens is 2. The molecule has 1 atom stereocenters. The zero-order valence-corrected chi connectivity index (χ0v) is 12.0. The molecule has 1 heterocycles. The van der Waals surface area contributed by atoms with Gasteiger partial charge in [0.2, 0.25) is 11.8 Å². The molecule has 0 aromatic carbocycles. The molecule has 0 saturated heterocycles. The predicted molar refractivity (Wildman–Crippen MR) is 77.3 cm³/mol. The minimum Gasteiger partial charge on any atom is -0.364 e. The van der Waals surface area contributed by atoms with Crippen molar-refractivity contribution in [3.05, 3.63) is 15.8 Å². The summed E-state index contributed by atoms with van der Waals surface area (Å²) in [5, 5.41) is 14.0. The number of hydrogen-bond acceptors (Lipinski definition) is 8. The van der Waals surface area contributed by atoms with Crippen molar-refractivity contribution in [2.24, 2.45) is 11.8 Å². The van der Waals surface area contributed by atoms with E-state index < -0.39 is 4.92 Å². The van der Waals surface area contributed by atoms with E-state index in [-0.39, 0.29) is 23.1 Å². The lowest BCUT2D eigenvalue weighted by Crippen LogP contribution is -2.18. The minimum atomic E-state index is -0.489. The van der Waals surface area contributed by atoms with Crippen molar-refractivity contribution in [3.8, 4) is 0 Å². The van der Waals surface area contributed by atoms with Crippen molar-refractivity contribution >= 4 is 29.2 Å². The zero-order valence-electron chi connectivity index (χ0n) is 11.1. The molecule has 8 nitrogen and oxygen atoms in total. The van der Waals surface area contributed by atoms with Crippen LogP contribution in [0.2, 0.25) is 0 Å². The maximum Gasteiger partial charge on any atom is 0.332 e. The van der Waals surface area contributed by atoms with Gasteiger partial charge in [-0.15, -0.1) is 0 Å². The molecule has 9 heteroatoms. The highest BCUT2D eigenvalue weighted by Crippen LogP contribution is 2.26. The van der Waals surface area contributed by atoms with E-state index in [1.54, 1.807) is 18.7 Å². The SMILES string of the molecule is CSCC(C)CNc1nc(NN)nc(C)c1[N+](=O)[O-]. The Morgan fingerprint density at radius 1 is 1.53 bits per heavy atom. The molecule has 1 rings (SSSR count). The lowest BCUT2D eigenvalue weighted by molar-refractivity contribution is -0.385. The molecular formula is C10H18N6O2S. The van der Waals surface area contributed by atoms with Crippen molar-refractivity contribution in [1.29, 1.82) is 0 Å². The first kappa shape index (κ1) is 15.4. The summed E-state index contributed by atoms with van der Waals surface area (Å²) in [6.07, 6.45) is 2.02. The highest BCUT2D eigenvalue weighted by molar-refractivity contribution is 7.98. The van der Waals surface area contributed by atoms with Crippen LogP contribution < -0.4 is 16.6 Å². The number of aryl methyl sites for hydroxylation is 1. The van der Waals surface area contributed by atoms with Gasteiger partial charge < -0.3 is 5.32 Å². The van der Waals surface area contributed by atoms with Crippen LogP contribution in [0, 0.1) is 23.0 Å². The van der Waals surface area contributed by atoms with E-state index in [2.05, 4.69) is 27.6 Å². The molecule has 0 radical (unpaired) electrons. The maximum absolute atomic E-state index is 11.0. The lowest BCUT2D eigenvalue weighted by Gasteiger charge is -2.13. The first-order valence-electron chi connectivity index (χ1n) is 5.72. The zero-order chi connectivity index (χ0) is 14.4. The summed E-state index contributed by atoms with van der Waals surface area (Å²) < 4.78 is 0. The second-order valence-electron chi connectivity index (χ2n) is 4.17. The third kappa shape index (κ3) is 4.21. The molecule has 0 aliphatic heterocycles. The number of nitrogen functional groups attached to an aromatic ring is 1. The molecule has 0 bridgehead atoms. The average Bonchev–Trinajstić information content (AvgIpc) is 2.35. The second-order valence-corrected chi connectivity index (χ2v) is 5.08. The van der Waals surface area contributed by atoms with Crippen LogP contribution in [0.15, 0.2) is 0 Å². The molecule has 1 unspecified atom stereocenters. The first-order chi connectivity index (χ1) is 8.99. The van der Waals surface area contributed by atoms with Gasteiger partial charge in [0.05, 0.1) is 4.92 Å². The molecule has 19 heavy (non-hydrogen) atoms. The Bertz CT molecular complexity index is 456. The fourth-order valence-corrected chi connectivity index (χ4v) is 2.27. The Balaban J connectivity index is 2.96. The van der Waals surface area contributed by atoms with E-state index in [1.807, 2.05) is 6.26 Å². The van der Waals surface area contributed by atoms with Gasteiger partial charge in [0, 0.05) is 6.54 Å². The number of hydrazine groups is 1. The maximum atomic E-state index is 11.0. The minimum absolute atomic E-state index is 0.115. The molecule has 1 aromatic heterocycles. The van der Waals surface area contributed by atoms with Gasteiger partial charge in [-0.1, -0.05) is 6.92 Å². The number of anilines is 2. The Morgan fingerprint density at radius 2 is 2.21 bits per heavy atom. The van der Waals surface area contributed by atoms with E-state index in [1.165, 1.54) is 0 Å². The number of nitrogens with zero attached hydrogens (tertiary/aromatic N) is 3. The summed E-state index contributed by atoms with van der Waals surface area (Å²) in [5.74, 6) is 6.93. The molecule has 0 spiro atoms. The van der Waals surface area contributed by atoms with Gasteiger partial charge in [0.1, 0.15) is 5.69 Å². The van der Waals surface area contributed by atoms with Crippen LogP contribution in [-0.2, 0) is 0 Å². The van der Waals surface area contributed by atoms with Crippen molar-refractivity contribution in [2.45, 2.75) is 13.8 Å². The number of nitrogens with one attached hydrogen (secondary N) is 2. The van der Waals surface area contributed by atoms with Crippen molar-refractivity contribution in [1.82, 2.24) is 9.97 Å². The molecule has 106 valence electrons. The van der Waals surface area contributed by atoms with Crippen molar-refractivity contribution < 1.29 is 4.92 Å².